The summed E-state index contributed by atoms with van der Waals surface area (Å²) in [7, 11) is 0. The first-order valence-electron chi connectivity index (χ1n) is 8.34. The van der Waals surface area contributed by atoms with Gasteiger partial charge in [0.2, 0.25) is 0 Å². The van der Waals surface area contributed by atoms with E-state index in [9.17, 15) is 0 Å². The standard InChI is InChI=1S/C18H26N2/c19-13-18(12-14-5-6-17(18)11-14)20-9-7-15-3-1-2-4-16(15)8-10-20/h1-4,14,17H,5-13,19H2. The van der Waals surface area contributed by atoms with Crippen LogP contribution in [-0.2, 0) is 12.8 Å². The van der Waals surface area contributed by atoms with Crippen LogP contribution in [0.25, 0.3) is 0 Å². The predicted molar refractivity (Wildman–Crippen MR) is 82.7 cm³/mol. The average molecular weight is 270 g/mol. The molecule has 0 amide bonds. The Morgan fingerprint density at radius 1 is 1.10 bits per heavy atom. The number of fused-ring (bicyclic) bond motifs is 3. The van der Waals surface area contributed by atoms with Gasteiger partial charge in [-0.1, -0.05) is 30.7 Å². The monoisotopic (exact) mass is 270 g/mol. The van der Waals surface area contributed by atoms with Gasteiger partial charge in [0.05, 0.1) is 0 Å². The molecule has 4 rings (SSSR count). The zero-order chi connectivity index (χ0) is 13.6. The molecule has 108 valence electrons. The van der Waals surface area contributed by atoms with Crippen LogP contribution in [-0.4, -0.2) is 30.1 Å². The maximum absolute atomic E-state index is 6.30. The molecule has 2 saturated carbocycles. The summed E-state index contributed by atoms with van der Waals surface area (Å²) in [5, 5.41) is 0. The Bertz CT molecular complexity index is 471. The van der Waals surface area contributed by atoms with Gasteiger partial charge in [-0.05, 0) is 55.1 Å². The van der Waals surface area contributed by atoms with Crippen molar-refractivity contribution in [2.24, 2.45) is 17.6 Å². The van der Waals surface area contributed by atoms with Crippen LogP contribution >= 0.6 is 0 Å². The molecule has 0 radical (unpaired) electrons. The summed E-state index contributed by atoms with van der Waals surface area (Å²) in [6.45, 7) is 3.28. The van der Waals surface area contributed by atoms with Gasteiger partial charge in [0.25, 0.3) is 0 Å². The normalized spacial score (nSPS) is 36.9. The van der Waals surface area contributed by atoms with Crippen LogP contribution in [0.1, 0.15) is 36.8 Å². The minimum Gasteiger partial charge on any atom is -0.329 e. The third-order valence-electron chi connectivity index (χ3n) is 6.35. The molecule has 2 heteroatoms. The van der Waals surface area contributed by atoms with E-state index in [4.69, 9.17) is 5.73 Å². The van der Waals surface area contributed by atoms with E-state index in [1.807, 2.05) is 0 Å². The number of hydrogen-bond donors (Lipinski definition) is 1. The van der Waals surface area contributed by atoms with E-state index in [2.05, 4.69) is 29.2 Å². The Kier molecular flexibility index (Phi) is 3.12. The highest BCUT2D eigenvalue weighted by molar-refractivity contribution is 5.29. The van der Waals surface area contributed by atoms with E-state index in [1.54, 1.807) is 11.1 Å². The highest BCUT2D eigenvalue weighted by atomic mass is 15.2. The van der Waals surface area contributed by atoms with Crippen molar-refractivity contribution in [2.45, 2.75) is 44.1 Å². The van der Waals surface area contributed by atoms with E-state index in [-0.39, 0.29) is 0 Å². The van der Waals surface area contributed by atoms with Gasteiger partial charge in [0, 0.05) is 25.2 Å². The maximum atomic E-state index is 6.30. The second kappa shape index (κ2) is 4.85. The van der Waals surface area contributed by atoms with Crippen molar-refractivity contribution in [3.05, 3.63) is 35.4 Å². The lowest BCUT2D eigenvalue weighted by atomic mass is 9.79. The number of nitrogens with two attached hydrogens (primary N) is 1. The van der Waals surface area contributed by atoms with E-state index in [0.29, 0.717) is 5.54 Å². The van der Waals surface area contributed by atoms with Crippen molar-refractivity contribution in [3.8, 4) is 0 Å². The molecule has 2 fully saturated rings. The molecule has 3 aliphatic rings. The van der Waals surface area contributed by atoms with Gasteiger partial charge in [-0.25, -0.2) is 0 Å². The first-order chi connectivity index (χ1) is 9.82. The molecule has 1 aliphatic heterocycles. The first-order valence-corrected chi connectivity index (χ1v) is 8.34. The van der Waals surface area contributed by atoms with Crippen LogP contribution in [0.2, 0.25) is 0 Å². The summed E-state index contributed by atoms with van der Waals surface area (Å²) >= 11 is 0. The fourth-order valence-corrected chi connectivity index (χ4v) is 5.29. The van der Waals surface area contributed by atoms with Crippen LogP contribution in [0, 0.1) is 11.8 Å². The van der Waals surface area contributed by atoms with Crippen LogP contribution in [0.5, 0.6) is 0 Å². The maximum Gasteiger partial charge on any atom is 0.0362 e. The van der Waals surface area contributed by atoms with Gasteiger partial charge in [-0.2, -0.15) is 0 Å². The van der Waals surface area contributed by atoms with E-state index in [0.717, 1.165) is 18.4 Å². The molecule has 2 N–H and O–H groups in total. The molecule has 0 spiro atoms. The fourth-order valence-electron chi connectivity index (χ4n) is 5.29. The summed E-state index contributed by atoms with van der Waals surface area (Å²) in [5.74, 6) is 1.84. The molecule has 0 saturated heterocycles. The van der Waals surface area contributed by atoms with Crippen LogP contribution in [0.4, 0.5) is 0 Å². The first kappa shape index (κ1) is 12.8. The molecular formula is C18H26N2. The van der Waals surface area contributed by atoms with Crippen molar-refractivity contribution < 1.29 is 0 Å². The van der Waals surface area contributed by atoms with Crippen molar-refractivity contribution in [1.29, 1.82) is 0 Å². The van der Waals surface area contributed by atoms with Crippen LogP contribution < -0.4 is 5.73 Å². The number of benzene rings is 1. The smallest absolute Gasteiger partial charge is 0.0362 e. The Labute approximate surface area is 122 Å². The number of hydrogen-bond acceptors (Lipinski definition) is 2. The molecule has 0 aromatic heterocycles. The third-order valence-corrected chi connectivity index (χ3v) is 6.35. The minimum atomic E-state index is 0.338. The highest BCUT2D eigenvalue weighted by Gasteiger charge is 2.53. The summed E-state index contributed by atoms with van der Waals surface area (Å²) in [5.41, 5.74) is 9.76. The Balaban J connectivity index is 1.58. The second-order valence-electron chi connectivity index (χ2n) is 7.14. The zero-order valence-corrected chi connectivity index (χ0v) is 12.4. The lowest BCUT2D eigenvalue weighted by Crippen LogP contribution is -2.58. The highest BCUT2D eigenvalue weighted by Crippen LogP contribution is 2.53. The van der Waals surface area contributed by atoms with E-state index in [1.165, 1.54) is 51.6 Å². The average Bonchev–Trinajstić information content (AvgIpc) is 3.02. The largest absolute Gasteiger partial charge is 0.329 e. The molecule has 1 heterocycles. The van der Waals surface area contributed by atoms with Gasteiger partial charge >= 0.3 is 0 Å². The summed E-state index contributed by atoms with van der Waals surface area (Å²) in [6.07, 6.45) is 8.10. The fraction of sp³-hybridized carbons (Fsp3) is 0.667. The molecule has 1 aromatic rings. The topological polar surface area (TPSA) is 29.3 Å². The Hall–Kier alpha value is -0.860. The van der Waals surface area contributed by atoms with Crippen molar-refractivity contribution in [3.63, 3.8) is 0 Å². The summed E-state index contributed by atoms with van der Waals surface area (Å²) in [6, 6.07) is 9.00. The lowest BCUT2D eigenvalue weighted by Gasteiger charge is -2.46. The van der Waals surface area contributed by atoms with Crippen molar-refractivity contribution in [1.82, 2.24) is 4.90 Å². The van der Waals surface area contributed by atoms with E-state index >= 15 is 0 Å². The van der Waals surface area contributed by atoms with Gasteiger partial charge in [0.15, 0.2) is 0 Å². The molecule has 3 unspecified atom stereocenters. The predicted octanol–water partition coefficient (Wildman–Crippen LogP) is 2.60. The van der Waals surface area contributed by atoms with Crippen molar-refractivity contribution in [2.75, 3.05) is 19.6 Å². The van der Waals surface area contributed by atoms with E-state index < -0.39 is 0 Å². The molecule has 2 nitrogen and oxygen atoms in total. The Morgan fingerprint density at radius 3 is 2.30 bits per heavy atom. The lowest BCUT2D eigenvalue weighted by molar-refractivity contribution is 0.0453. The number of nitrogens with zero attached hydrogens (tertiary/aromatic N) is 1. The molecular weight excluding hydrogens is 244 g/mol. The van der Waals surface area contributed by atoms with Crippen LogP contribution in [0.15, 0.2) is 24.3 Å². The summed E-state index contributed by atoms with van der Waals surface area (Å²) < 4.78 is 0. The molecule has 3 atom stereocenters. The quantitative estimate of drug-likeness (QED) is 0.895. The molecule has 20 heavy (non-hydrogen) atoms. The third kappa shape index (κ3) is 1.85. The SMILES string of the molecule is NCC1(N2CCc3ccccc3CC2)CC2CCC1C2. The van der Waals surface area contributed by atoms with Gasteiger partial charge in [-0.3, -0.25) is 4.90 Å². The van der Waals surface area contributed by atoms with Gasteiger partial charge in [-0.15, -0.1) is 0 Å². The second-order valence-corrected chi connectivity index (χ2v) is 7.14. The van der Waals surface area contributed by atoms with Crippen LogP contribution in [0.3, 0.4) is 0 Å². The number of rotatable bonds is 2. The molecule has 2 bridgehead atoms. The summed E-state index contributed by atoms with van der Waals surface area (Å²) in [4.78, 5) is 2.77. The van der Waals surface area contributed by atoms with Crippen molar-refractivity contribution >= 4 is 0 Å². The van der Waals surface area contributed by atoms with Gasteiger partial charge in [0.1, 0.15) is 0 Å². The molecule has 2 aliphatic carbocycles. The molecule has 1 aromatic carbocycles. The van der Waals surface area contributed by atoms with Gasteiger partial charge < -0.3 is 5.73 Å². The minimum absolute atomic E-state index is 0.338. The zero-order valence-electron chi connectivity index (χ0n) is 12.4. The Morgan fingerprint density at radius 2 is 1.80 bits per heavy atom.